The van der Waals surface area contributed by atoms with Gasteiger partial charge in [0.25, 0.3) is 5.91 Å². The maximum atomic E-state index is 13.1. The lowest BCUT2D eigenvalue weighted by molar-refractivity contribution is 0.0117. The zero-order valence-corrected chi connectivity index (χ0v) is 18.5. The summed E-state index contributed by atoms with van der Waals surface area (Å²) in [5, 5.41) is 3.03. The fourth-order valence-electron chi connectivity index (χ4n) is 3.96. The third-order valence-electron chi connectivity index (χ3n) is 5.76. The highest BCUT2D eigenvalue weighted by Gasteiger charge is 2.26. The zero-order valence-electron chi connectivity index (χ0n) is 18.5. The van der Waals surface area contributed by atoms with E-state index in [2.05, 4.69) is 10.2 Å². The first-order chi connectivity index (χ1) is 15.5. The Balaban J connectivity index is 1.53. The van der Waals surface area contributed by atoms with E-state index in [4.69, 9.17) is 9.15 Å². The number of furan rings is 1. The molecule has 1 unspecified atom stereocenters. The Bertz CT molecular complexity index is 1080. The van der Waals surface area contributed by atoms with Crippen molar-refractivity contribution in [3.8, 4) is 0 Å². The highest BCUT2D eigenvalue weighted by Crippen LogP contribution is 2.24. The normalized spacial score (nSPS) is 15.3. The Morgan fingerprint density at radius 2 is 1.62 bits per heavy atom. The van der Waals surface area contributed by atoms with Gasteiger partial charge in [-0.1, -0.05) is 48.0 Å². The van der Waals surface area contributed by atoms with Gasteiger partial charge in [0, 0.05) is 30.8 Å². The minimum Gasteiger partial charge on any atom is -0.465 e. The molecule has 1 aliphatic rings. The number of benzene rings is 2. The van der Waals surface area contributed by atoms with Crippen molar-refractivity contribution in [1.82, 2.24) is 10.2 Å². The highest BCUT2D eigenvalue weighted by molar-refractivity contribution is 6.15. The molecule has 0 saturated carbocycles. The van der Waals surface area contributed by atoms with Gasteiger partial charge < -0.3 is 14.5 Å². The lowest BCUT2D eigenvalue weighted by Crippen LogP contribution is -2.43. The number of ether oxygens (including phenoxy) is 1. The lowest BCUT2D eigenvalue weighted by Gasteiger charge is -2.33. The molecule has 3 aromatic rings. The Labute approximate surface area is 188 Å². The van der Waals surface area contributed by atoms with E-state index in [0.29, 0.717) is 36.4 Å². The summed E-state index contributed by atoms with van der Waals surface area (Å²) in [5.74, 6) is 1.21. The second-order valence-corrected chi connectivity index (χ2v) is 8.06. The molecule has 0 spiro atoms. The van der Waals surface area contributed by atoms with Crippen LogP contribution in [-0.2, 0) is 4.74 Å². The van der Waals surface area contributed by atoms with Crippen LogP contribution in [0.4, 0.5) is 0 Å². The van der Waals surface area contributed by atoms with E-state index in [0.717, 1.165) is 30.2 Å². The Hall–Kier alpha value is -3.22. The molecule has 1 atom stereocenters. The van der Waals surface area contributed by atoms with Crippen LogP contribution in [0.1, 0.15) is 49.4 Å². The van der Waals surface area contributed by atoms with Crippen LogP contribution in [0.5, 0.6) is 0 Å². The topological polar surface area (TPSA) is 71.8 Å². The van der Waals surface area contributed by atoms with Crippen LogP contribution in [0.15, 0.2) is 65.1 Å². The summed E-state index contributed by atoms with van der Waals surface area (Å²) in [7, 11) is 0. The molecule has 2 heterocycles. The van der Waals surface area contributed by atoms with Gasteiger partial charge in [0.1, 0.15) is 11.5 Å². The van der Waals surface area contributed by atoms with Crippen molar-refractivity contribution in [3.05, 3.63) is 94.4 Å². The van der Waals surface area contributed by atoms with Crippen LogP contribution in [0, 0.1) is 13.8 Å². The smallest absolute Gasteiger partial charge is 0.252 e. The first-order valence-electron chi connectivity index (χ1n) is 10.9. The molecular weight excluding hydrogens is 404 g/mol. The number of nitrogens with zero attached hydrogens (tertiary/aromatic N) is 1. The molecule has 4 rings (SSSR count). The van der Waals surface area contributed by atoms with Gasteiger partial charge in [-0.3, -0.25) is 14.5 Å². The van der Waals surface area contributed by atoms with E-state index in [1.165, 1.54) is 0 Å². The fraction of sp³-hybridized carbons (Fsp3) is 0.308. The molecule has 1 amide bonds. The van der Waals surface area contributed by atoms with Crippen LogP contribution in [0.25, 0.3) is 0 Å². The average Bonchev–Trinajstić information content (AvgIpc) is 3.25. The SMILES string of the molecule is Cc1ccc(C(=O)c2ccccc2C(=O)NCC(c2ccc(C)o2)N2CCOCC2)cc1. The summed E-state index contributed by atoms with van der Waals surface area (Å²) in [4.78, 5) is 28.5. The molecule has 1 N–H and O–H groups in total. The standard InChI is InChI=1S/C26H28N2O4/c1-18-7-10-20(11-8-18)25(29)21-5-3-4-6-22(21)26(30)27-17-23(24-12-9-19(2)32-24)28-13-15-31-16-14-28/h3-12,23H,13-17H2,1-2H3,(H,27,30). The van der Waals surface area contributed by atoms with Crippen molar-refractivity contribution in [1.29, 1.82) is 0 Å². The monoisotopic (exact) mass is 432 g/mol. The summed E-state index contributed by atoms with van der Waals surface area (Å²) >= 11 is 0. The minimum absolute atomic E-state index is 0.100. The molecule has 1 aromatic heterocycles. The molecule has 6 heteroatoms. The van der Waals surface area contributed by atoms with Crippen molar-refractivity contribution in [2.24, 2.45) is 0 Å². The molecule has 166 valence electrons. The van der Waals surface area contributed by atoms with E-state index in [1.807, 2.05) is 38.1 Å². The van der Waals surface area contributed by atoms with E-state index in [-0.39, 0.29) is 17.7 Å². The molecule has 32 heavy (non-hydrogen) atoms. The molecule has 0 aliphatic carbocycles. The quantitative estimate of drug-likeness (QED) is 0.573. The number of hydrogen-bond acceptors (Lipinski definition) is 5. The van der Waals surface area contributed by atoms with Gasteiger partial charge in [-0.15, -0.1) is 0 Å². The second kappa shape index (κ2) is 9.94. The van der Waals surface area contributed by atoms with Gasteiger partial charge in [-0.2, -0.15) is 0 Å². The predicted octanol–water partition coefficient (Wildman–Crippen LogP) is 3.93. The molecular formula is C26H28N2O4. The third kappa shape index (κ3) is 4.98. The number of carbonyl (C=O) groups is 2. The second-order valence-electron chi connectivity index (χ2n) is 8.06. The first kappa shape index (κ1) is 22.0. The fourth-order valence-corrected chi connectivity index (χ4v) is 3.96. The van der Waals surface area contributed by atoms with Gasteiger partial charge in [0.15, 0.2) is 5.78 Å². The van der Waals surface area contributed by atoms with E-state index >= 15 is 0 Å². The van der Waals surface area contributed by atoms with Gasteiger partial charge >= 0.3 is 0 Å². The number of nitrogens with one attached hydrogen (secondary N) is 1. The largest absolute Gasteiger partial charge is 0.465 e. The minimum atomic E-state index is -0.275. The number of morpholine rings is 1. The first-order valence-corrected chi connectivity index (χ1v) is 10.9. The van der Waals surface area contributed by atoms with Crippen LogP contribution in [0.3, 0.4) is 0 Å². The molecule has 1 saturated heterocycles. The van der Waals surface area contributed by atoms with E-state index < -0.39 is 0 Å². The van der Waals surface area contributed by atoms with Crippen molar-refractivity contribution in [2.75, 3.05) is 32.8 Å². The zero-order chi connectivity index (χ0) is 22.5. The summed E-state index contributed by atoms with van der Waals surface area (Å²) in [6.45, 7) is 7.09. The maximum Gasteiger partial charge on any atom is 0.252 e. The molecule has 0 radical (unpaired) electrons. The molecule has 6 nitrogen and oxygen atoms in total. The van der Waals surface area contributed by atoms with Crippen LogP contribution >= 0.6 is 0 Å². The van der Waals surface area contributed by atoms with Crippen LogP contribution in [-0.4, -0.2) is 49.4 Å². The Morgan fingerprint density at radius 3 is 2.28 bits per heavy atom. The number of carbonyl (C=O) groups excluding carboxylic acids is 2. The van der Waals surface area contributed by atoms with Crippen molar-refractivity contribution < 1.29 is 18.7 Å². The van der Waals surface area contributed by atoms with Gasteiger partial charge in [-0.25, -0.2) is 0 Å². The maximum absolute atomic E-state index is 13.1. The van der Waals surface area contributed by atoms with E-state index in [9.17, 15) is 9.59 Å². The number of amides is 1. The number of aryl methyl sites for hydroxylation is 2. The van der Waals surface area contributed by atoms with Crippen LogP contribution < -0.4 is 5.32 Å². The molecule has 1 fully saturated rings. The molecule has 1 aliphatic heterocycles. The summed E-state index contributed by atoms with van der Waals surface area (Å²) in [5.41, 5.74) is 2.41. The predicted molar refractivity (Wildman–Crippen MR) is 122 cm³/mol. The molecule has 2 aromatic carbocycles. The summed E-state index contributed by atoms with van der Waals surface area (Å²) in [6, 6.07) is 18.1. The number of rotatable bonds is 7. The Kier molecular flexibility index (Phi) is 6.83. The summed E-state index contributed by atoms with van der Waals surface area (Å²) in [6.07, 6.45) is 0. The highest BCUT2D eigenvalue weighted by atomic mass is 16.5. The van der Waals surface area contributed by atoms with Gasteiger partial charge in [0.05, 0.1) is 24.8 Å². The van der Waals surface area contributed by atoms with Crippen molar-refractivity contribution in [2.45, 2.75) is 19.9 Å². The van der Waals surface area contributed by atoms with Crippen molar-refractivity contribution in [3.63, 3.8) is 0 Å². The lowest BCUT2D eigenvalue weighted by atomic mass is 9.97. The van der Waals surface area contributed by atoms with Crippen molar-refractivity contribution >= 4 is 11.7 Å². The number of hydrogen-bond donors (Lipinski definition) is 1. The van der Waals surface area contributed by atoms with Gasteiger partial charge in [-0.05, 0) is 32.0 Å². The third-order valence-corrected chi connectivity index (χ3v) is 5.76. The Morgan fingerprint density at radius 1 is 0.938 bits per heavy atom. The molecule has 0 bridgehead atoms. The van der Waals surface area contributed by atoms with E-state index in [1.54, 1.807) is 36.4 Å². The number of ketones is 1. The average molecular weight is 433 g/mol. The summed E-state index contributed by atoms with van der Waals surface area (Å²) < 4.78 is 11.4. The van der Waals surface area contributed by atoms with Gasteiger partial charge in [0.2, 0.25) is 0 Å². The van der Waals surface area contributed by atoms with Crippen LogP contribution in [0.2, 0.25) is 0 Å².